The van der Waals surface area contributed by atoms with Gasteiger partial charge >= 0.3 is 6.43 Å². The molecule has 1 heterocycles. The normalized spacial score (nSPS) is 21.4. The maximum absolute atomic E-state index is 12.1. The van der Waals surface area contributed by atoms with E-state index in [2.05, 4.69) is 0 Å². The largest absolute Gasteiger partial charge is 0.338 e. The van der Waals surface area contributed by atoms with E-state index in [4.69, 9.17) is 5.73 Å². The highest BCUT2D eigenvalue weighted by molar-refractivity contribution is 5.79. The molecule has 0 radical (unpaired) electrons. The van der Waals surface area contributed by atoms with Gasteiger partial charge in [0.1, 0.15) is 0 Å². The third kappa shape index (κ3) is 2.64. The van der Waals surface area contributed by atoms with Gasteiger partial charge in [0, 0.05) is 19.1 Å². The molecule has 0 aliphatic carbocycles. The molecule has 1 atom stereocenters. The van der Waals surface area contributed by atoms with Crippen LogP contribution in [-0.2, 0) is 4.79 Å². The molecule has 0 spiro atoms. The Kier molecular flexibility index (Phi) is 3.80. The number of likely N-dealkylation sites (tertiary alicyclic amines) is 1. The second kappa shape index (κ2) is 4.68. The Hall–Kier alpha value is -0.710. The third-order valence-corrected chi connectivity index (χ3v) is 2.78. The molecule has 1 saturated heterocycles. The minimum absolute atomic E-state index is 0.0822. The van der Waals surface area contributed by atoms with Crippen LogP contribution in [0.15, 0.2) is 0 Å². The van der Waals surface area contributed by atoms with Crippen LogP contribution >= 0.6 is 0 Å². The standard InChI is InChI=1S/C9H16F2N2O/c1-6(12)7-2-4-13(5-3-7)9(14)8(10)11/h6-8H,2-5,12H2,1H3. The van der Waals surface area contributed by atoms with Crippen molar-refractivity contribution in [2.75, 3.05) is 13.1 Å². The van der Waals surface area contributed by atoms with E-state index in [0.717, 1.165) is 12.8 Å². The molecule has 5 heteroatoms. The Balaban J connectivity index is 2.39. The van der Waals surface area contributed by atoms with Gasteiger partial charge < -0.3 is 10.6 Å². The molecule has 0 aromatic rings. The zero-order chi connectivity index (χ0) is 10.7. The highest BCUT2D eigenvalue weighted by Gasteiger charge is 2.28. The van der Waals surface area contributed by atoms with Gasteiger partial charge in [-0.1, -0.05) is 0 Å². The van der Waals surface area contributed by atoms with Crippen LogP contribution in [0.4, 0.5) is 8.78 Å². The lowest BCUT2D eigenvalue weighted by Gasteiger charge is -2.33. The summed E-state index contributed by atoms with van der Waals surface area (Å²) in [6.07, 6.45) is -1.41. The van der Waals surface area contributed by atoms with Gasteiger partial charge in [-0.3, -0.25) is 4.79 Å². The number of carbonyl (C=O) groups excluding carboxylic acids is 1. The lowest BCUT2D eigenvalue weighted by Crippen LogP contribution is -2.44. The van der Waals surface area contributed by atoms with Crippen molar-refractivity contribution in [1.82, 2.24) is 4.90 Å². The molecule has 1 unspecified atom stereocenters. The minimum Gasteiger partial charge on any atom is -0.338 e. The number of hydrogen-bond donors (Lipinski definition) is 1. The van der Waals surface area contributed by atoms with Gasteiger partial charge in [-0.05, 0) is 25.7 Å². The van der Waals surface area contributed by atoms with Crippen LogP contribution in [0.25, 0.3) is 0 Å². The van der Waals surface area contributed by atoms with E-state index in [9.17, 15) is 13.6 Å². The summed E-state index contributed by atoms with van der Waals surface area (Å²) in [5.74, 6) is -0.690. The number of piperidine rings is 1. The van der Waals surface area contributed by atoms with Crippen molar-refractivity contribution in [3.8, 4) is 0 Å². The van der Waals surface area contributed by atoms with Crippen LogP contribution in [0.3, 0.4) is 0 Å². The molecule has 0 aromatic heterocycles. The lowest BCUT2D eigenvalue weighted by molar-refractivity contribution is -0.144. The van der Waals surface area contributed by atoms with Crippen LogP contribution in [0.2, 0.25) is 0 Å². The molecule has 1 fully saturated rings. The minimum atomic E-state index is -2.87. The smallest absolute Gasteiger partial charge is 0.315 e. The molecule has 2 N–H and O–H groups in total. The summed E-state index contributed by atoms with van der Waals surface area (Å²) in [5, 5.41) is 0. The fourth-order valence-corrected chi connectivity index (χ4v) is 1.78. The molecule has 3 nitrogen and oxygen atoms in total. The van der Waals surface area contributed by atoms with Gasteiger partial charge in [0.25, 0.3) is 5.91 Å². The fraction of sp³-hybridized carbons (Fsp3) is 0.889. The summed E-state index contributed by atoms with van der Waals surface area (Å²) in [5.41, 5.74) is 5.70. The van der Waals surface area contributed by atoms with E-state index >= 15 is 0 Å². The zero-order valence-corrected chi connectivity index (χ0v) is 8.25. The zero-order valence-electron chi connectivity index (χ0n) is 8.25. The number of halogens is 2. The highest BCUT2D eigenvalue weighted by Crippen LogP contribution is 2.20. The Morgan fingerprint density at radius 2 is 1.93 bits per heavy atom. The van der Waals surface area contributed by atoms with Crippen molar-refractivity contribution in [3.05, 3.63) is 0 Å². The van der Waals surface area contributed by atoms with Gasteiger partial charge in [0.15, 0.2) is 0 Å². The second-order valence-electron chi connectivity index (χ2n) is 3.82. The molecule has 1 aliphatic rings. The summed E-state index contributed by atoms with van der Waals surface area (Å²) >= 11 is 0. The lowest BCUT2D eigenvalue weighted by atomic mass is 9.91. The van der Waals surface area contributed by atoms with Crippen molar-refractivity contribution in [3.63, 3.8) is 0 Å². The number of nitrogens with zero attached hydrogens (tertiary/aromatic N) is 1. The highest BCUT2D eigenvalue weighted by atomic mass is 19.3. The Bertz CT molecular complexity index is 201. The van der Waals surface area contributed by atoms with Crippen LogP contribution in [0.5, 0.6) is 0 Å². The van der Waals surface area contributed by atoms with Gasteiger partial charge in [-0.2, -0.15) is 8.78 Å². The number of hydrogen-bond acceptors (Lipinski definition) is 2. The summed E-state index contributed by atoms with van der Waals surface area (Å²) < 4.78 is 24.1. The molecule has 1 amide bonds. The maximum Gasteiger partial charge on any atom is 0.315 e. The van der Waals surface area contributed by atoms with Crippen LogP contribution in [0.1, 0.15) is 19.8 Å². The SMILES string of the molecule is CC(N)C1CCN(C(=O)C(F)F)CC1. The second-order valence-corrected chi connectivity index (χ2v) is 3.82. The first-order chi connectivity index (χ1) is 6.52. The van der Waals surface area contributed by atoms with E-state index < -0.39 is 12.3 Å². The molecule has 1 aliphatic heterocycles. The van der Waals surface area contributed by atoms with E-state index in [0.29, 0.717) is 19.0 Å². The Morgan fingerprint density at radius 1 is 1.43 bits per heavy atom. The molecule has 0 bridgehead atoms. The number of alkyl halides is 2. The predicted octanol–water partition coefficient (Wildman–Crippen LogP) is 0.837. The number of nitrogens with two attached hydrogens (primary N) is 1. The monoisotopic (exact) mass is 206 g/mol. The van der Waals surface area contributed by atoms with Crippen LogP contribution in [-0.4, -0.2) is 36.4 Å². The van der Waals surface area contributed by atoms with Crippen molar-refractivity contribution in [2.24, 2.45) is 11.7 Å². The average Bonchev–Trinajstić information content (AvgIpc) is 2.16. The van der Waals surface area contributed by atoms with Crippen LogP contribution < -0.4 is 5.73 Å². The molecule has 1 rings (SSSR count). The van der Waals surface area contributed by atoms with E-state index in [1.165, 1.54) is 4.90 Å². The van der Waals surface area contributed by atoms with Gasteiger partial charge in [-0.25, -0.2) is 0 Å². The first-order valence-corrected chi connectivity index (χ1v) is 4.85. The fourth-order valence-electron chi connectivity index (χ4n) is 1.78. The van der Waals surface area contributed by atoms with Crippen molar-refractivity contribution in [1.29, 1.82) is 0 Å². The predicted molar refractivity (Wildman–Crippen MR) is 49.0 cm³/mol. The molecular formula is C9H16F2N2O. The van der Waals surface area contributed by atoms with Crippen molar-refractivity contribution < 1.29 is 13.6 Å². The maximum atomic E-state index is 12.1. The number of rotatable bonds is 2. The quantitative estimate of drug-likeness (QED) is 0.727. The van der Waals surface area contributed by atoms with E-state index in [-0.39, 0.29) is 6.04 Å². The summed E-state index contributed by atoms with van der Waals surface area (Å²) in [4.78, 5) is 12.1. The van der Waals surface area contributed by atoms with Crippen molar-refractivity contribution in [2.45, 2.75) is 32.2 Å². The third-order valence-electron chi connectivity index (χ3n) is 2.78. The van der Waals surface area contributed by atoms with E-state index in [1.807, 2.05) is 6.92 Å². The number of carbonyl (C=O) groups is 1. The summed E-state index contributed by atoms with van der Waals surface area (Å²) in [6.45, 7) is 2.74. The van der Waals surface area contributed by atoms with Gasteiger partial charge in [0.2, 0.25) is 0 Å². The van der Waals surface area contributed by atoms with E-state index in [1.54, 1.807) is 0 Å². The van der Waals surface area contributed by atoms with Crippen LogP contribution in [0, 0.1) is 5.92 Å². The molecule has 14 heavy (non-hydrogen) atoms. The summed E-state index contributed by atoms with van der Waals surface area (Å²) in [6, 6.07) is 0.0822. The van der Waals surface area contributed by atoms with Gasteiger partial charge in [0.05, 0.1) is 0 Å². The molecule has 0 aromatic carbocycles. The molecule has 0 saturated carbocycles. The number of amides is 1. The Labute approximate surface area is 82.2 Å². The summed E-state index contributed by atoms with van der Waals surface area (Å²) in [7, 11) is 0. The Morgan fingerprint density at radius 3 is 2.29 bits per heavy atom. The first-order valence-electron chi connectivity index (χ1n) is 4.85. The van der Waals surface area contributed by atoms with Gasteiger partial charge in [-0.15, -0.1) is 0 Å². The first kappa shape index (κ1) is 11.4. The average molecular weight is 206 g/mol. The molecule has 82 valence electrons. The molecular weight excluding hydrogens is 190 g/mol. The van der Waals surface area contributed by atoms with Crippen molar-refractivity contribution >= 4 is 5.91 Å². The topological polar surface area (TPSA) is 46.3 Å².